The van der Waals surface area contributed by atoms with Gasteiger partial charge in [-0.15, -0.1) is 11.3 Å². The van der Waals surface area contributed by atoms with Crippen LogP contribution in [-0.2, 0) is 10.2 Å². The van der Waals surface area contributed by atoms with Crippen molar-refractivity contribution < 1.29 is 4.79 Å². The van der Waals surface area contributed by atoms with Crippen molar-refractivity contribution >= 4 is 23.2 Å². The maximum Gasteiger partial charge on any atom is 0.227 e. The van der Waals surface area contributed by atoms with Gasteiger partial charge in [-0.1, -0.05) is 25.3 Å². The second-order valence-corrected chi connectivity index (χ2v) is 8.78. The van der Waals surface area contributed by atoms with Crippen LogP contribution in [0.3, 0.4) is 0 Å². The summed E-state index contributed by atoms with van der Waals surface area (Å²) in [6.45, 7) is 8.06. The SMILES string of the molecule is CCNC(=NCC(C)(C)C(=O)NC)NCC1(c2cccs2)CCCCC1. The van der Waals surface area contributed by atoms with Gasteiger partial charge in [-0.25, -0.2) is 0 Å². The first-order chi connectivity index (χ1) is 12.4. The fraction of sp³-hybridized carbons (Fsp3) is 0.700. The summed E-state index contributed by atoms with van der Waals surface area (Å²) in [4.78, 5) is 18.2. The molecule has 0 atom stereocenters. The molecule has 2 rings (SSSR count). The smallest absolute Gasteiger partial charge is 0.227 e. The minimum absolute atomic E-state index is 0.0134. The fourth-order valence-corrected chi connectivity index (χ4v) is 4.59. The lowest BCUT2D eigenvalue weighted by atomic mass is 9.73. The van der Waals surface area contributed by atoms with Crippen LogP contribution in [0.2, 0.25) is 0 Å². The largest absolute Gasteiger partial charge is 0.359 e. The highest BCUT2D eigenvalue weighted by molar-refractivity contribution is 7.10. The molecule has 146 valence electrons. The highest BCUT2D eigenvalue weighted by Crippen LogP contribution is 2.41. The molecule has 5 nitrogen and oxygen atoms in total. The number of carbonyl (C=O) groups excluding carboxylic acids is 1. The van der Waals surface area contributed by atoms with Gasteiger partial charge in [0.1, 0.15) is 0 Å². The summed E-state index contributed by atoms with van der Waals surface area (Å²) in [6.07, 6.45) is 6.36. The first-order valence-electron chi connectivity index (χ1n) is 9.72. The highest BCUT2D eigenvalue weighted by atomic mass is 32.1. The predicted octanol–water partition coefficient (Wildman–Crippen LogP) is 3.28. The number of guanidine groups is 1. The van der Waals surface area contributed by atoms with Gasteiger partial charge >= 0.3 is 0 Å². The Balaban J connectivity index is 2.08. The molecule has 0 radical (unpaired) electrons. The Morgan fingerprint density at radius 1 is 1.27 bits per heavy atom. The zero-order valence-electron chi connectivity index (χ0n) is 16.7. The number of hydrogen-bond acceptors (Lipinski definition) is 3. The molecule has 6 heteroatoms. The maximum atomic E-state index is 12.0. The number of nitrogens with one attached hydrogen (secondary N) is 3. The lowest BCUT2D eigenvalue weighted by Gasteiger charge is -2.37. The molecule has 0 spiro atoms. The molecule has 1 aliphatic rings. The molecule has 1 fully saturated rings. The van der Waals surface area contributed by atoms with Crippen LogP contribution in [0.25, 0.3) is 0 Å². The van der Waals surface area contributed by atoms with Gasteiger partial charge in [0.15, 0.2) is 5.96 Å². The molecule has 1 aliphatic carbocycles. The molecule has 0 unspecified atom stereocenters. The molecule has 1 saturated carbocycles. The van der Waals surface area contributed by atoms with Crippen molar-refractivity contribution in [3.63, 3.8) is 0 Å². The Morgan fingerprint density at radius 2 is 2.00 bits per heavy atom. The summed E-state index contributed by atoms with van der Waals surface area (Å²) in [6, 6.07) is 4.43. The zero-order valence-corrected chi connectivity index (χ0v) is 17.5. The predicted molar refractivity (Wildman–Crippen MR) is 111 cm³/mol. The summed E-state index contributed by atoms with van der Waals surface area (Å²) in [5.41, 5.74) is -0.313. The van der Waals surface area contributed by atoms with E-state index in [9.17, 15) is 4.79 Å². The van der Waals surface area contributed by atoms with Crippen molar-refractivity contribution in [3.05, 3.63) is 22.4 Å². The van der Waals surface area contributed by atoms with Crippen LogP contribution >= 0.6 is 11.3 Å². The Bertz CT molecular complexity index is 589. The van der Waals surface area contributed by atoms with Crippen molar-refractivity contribution in [3.8, 4) is 0 Å². The highest BCUT2D eigenvalue weighted by Gasteiger charge is 2.35. The molecule has 26 heavy (non-hydrogen) atoms. The fourth-order valence-electron chi connectivity index (χ4n) is 3.60. The third-order valence-electron chi connectivity index (χ3n) is 5.27. The van der Waals surface area contributed by atoms with Crippen LogP contribution in [0, 0.1) is 5.41 Å². The van der Waals surface area contributed by atoms with E-state index in [4.69, 9.17) is 0 Å². The first kappa shape index (κ1) is 20.7. The second-order valence-electron chi connectivity index (χ2n) is 7.83. The van der Waals surface area contributed by atoms with Crippen molar-refractivity contribution in [2.24, 2.45) is 10.4 Å². The number of hydrogen-bond donors (Lipinski definition) is 3. The van der Waals surface area contributed by atoms with Crippen molar-refractivity contribution in [2.45, 2.75) is 58.3 Å². The molecule has 0 bridgehead atoms. The Hall–Kier alpha value is -1.56. The van der Waals surface area contributed by atoms with Crippen molar-refractivity contribution in [2.75, 3.05) is 26.7 Å². The Kier molecular flexibility index (Phi) is 7.50. The van der Waals surface area contributed by atoms with Crippen molar-refractivity contribution in [1.29, 1.82) is 0 Å². The minimum Gasteiger partial charge on any atom is -0.359 e. The van der Waals surface area contributed by atoms with Crippen LogP contribution in [0.15, 0.2) is 22.5 Å². The lowest BCUT2D eigenvalue weighted by Crippen LogP contribution is -2.47. The summed E-state index contributed by atoms with van der Waals surface area (Å²) in [5, 5.41) is 11.8. The van der Waals surface area contributed by atoms with Gasteiger partial charge in [-0.2, -0.15) is 0 Å². The van der Waals surface area contributed by atoms with Gasteiger partial charge in [0.2, 0.25) is 5.91 Å². The number of amides is 1. The second kappa shape index (κ2) is 9.40. The van der Waals surface area contributed by atoms with E-state index < -0.39 is 5.41 Å². The maximum absolute atomic E-state index is 12.0. The van der Waals surface area contributed by atoms with Crippen LogP contribution in [0.1, 0.15) is 57.8 Å². The number of nitrogens with zero attached hydrogens (tertiary/aromatic N) is 1. The topological polar surface area (TPSA) is 65.5 Å². The molecule has 3 N–H and O–H groups in total. The third kappa shape index (κ3) is 5.22. The molecule has 1 aromatic rings. The van der Waals surface area contributed by atoms with Gasteiger partial charge < -0.3 is 16.0 Å². The molecule has 0 saturated heterocycles. The standard InChI is InChI=1S/C20H34N4OS/c1-5-22-18(23-14-19(2,3)17(25)21-4)24-15-20(11-7-6-8-12-20)16-10-9-13-26-16/h9-10,13H,5-8,11-12,14-15H2,1-4H3,(H,21,25)(H2,22,23,24). The van der Waals surface area contributed by atoms with Gasteiger partial charge in [0.05, 0.1) is 12.0 Å². The van der Waals surface area contributed by atoms with Gasteiger partial charge in [-0.05, 0) is 45.1 Å². The van der Waals surface area contributed by atoms with E-state index in [2.05, 4.69) is 45.4 Å². The molecule has 1 amide bonds. The van der Waals surface area contributed by atoms with E-state index in [0.717, 1.165) is 19.0 Å². The Labute approximate surface area is 162 Å². The normalized spacial score (nSPS) is 17.6. The average Bonchev–Trinajstić information content (AvgIpc) is 3.19. The number of carbonyl (C=O) groups is 1. The summed E-state index contributed by atoms with van der Waals surface area (Å²) >= 11 is 1.86. The van der Waals surface area contributed by atoms with E-state index in [-0.39, 0.29) is 11.3 Å². The number of thiophene rings is 1. The van der Waals surface area contributed by atoms with Crippen molar-refractivity contribution in [1.82, 2.24) is 16.0 Å². The number of rotatable bonds is 7. The van der Waals surface area contributed by atoms with E-state index in [0.29, 0.717) is 6.54 Å². The van der Waals surface area contributed by atoms with E-state index in [1.807, 2.05) is 25.2 Å². The average molecular weight is 379 g/mol. The first-order valence-corrected chi connectivity index (χ1v) is 10.6. The van der Waals surface area contributed by atoms with Gasteiger partial charge in [0, 0.05) is 30.4 Å². The van der Waals surface area contributed by atoms with E-state index in [1.165, 1.54) is 37.0 Å². The monoisotopic (exact) mass is 378 g/mol. The van der Waals surface area contributed by atoms with Gasteiger partial charge in [0.25, 0.3) is 0 Å². The van der Waals surface area contributed by atoms with E-state index in [1.54, 1.807) is 7.05 Å². The van der Waals surface area contributed by atoms with Crippen LogP contribution < -0.4 is 16.0 Å². The quantitative estimate of drug-likeness (QED) is 0.504. The molecule has 0 aromatic carbocycles. The molecular weight excluding hydrogens is 344 g/mol. The molecular formula is C20H34N4OS. The number of aliphatic imine (C=N–C) groups is 1. The van der Waals surface area contributed by atoms with E-state index >= 15 is 0 Å². The Morgan fingerprint density at radius 3 is 2.58 bits per heavy atom. The van der Waals surface area contributed by atoms with Crippen LogP contribution in [-0.4, -0.2) is 38.5 Å². The lowest BCUT2D eigenvalue weighted by molar-refractivity contribution is -0.128. The molecule has 1 heterocycles. The molecule has 0 aliphatic heterocycles. The summed E-state index contributed by atoms with van der Waals surface area (Å²) in [5.74, 6) is 0.811. The van der Waals surface area contributed by atoms with Crippen LogP contribution in [0.5, 0.6) is 0 Å². The molecule has 1 aromatic heterocycles. The zero-order chi connectivity index (χ0) is 19.0. The van der Waals surface area contributed by atoms with Gasteiger partial charge in [-0.3, -0.25) is 9.79 Å². The summed E-state index contributed by atoms with van der Waals surface area (Å²) < 4.78 is 0. The summed E-state index contributed by atoms with van der Waals surface area (Å²) in [7, 11) is 1.67. The third-order valence-corrected chi connectivity index (χ3v) is 6.38. The van der Waals surface area contributed by atoms with Crippen LogP contribution in [0.4, 0.5) is 0 Å². The minimum atomic E-state index is -0.520.